The molecule has 26 heavy (non-hydrogen) atoms. The topological polar surface area (TPSA) is 90.7 Å². The fourth-order valence-corrected chi connectivity index (χ4v) is 3.07. The number of carbonyl (C=O) groups is 2. The highest BCUT2D eigenvalue weighted by Gasteiger charge is 2.44. The molecule has 1 aliphatic rings. The van der Waals surface area contributed by atoms with Gasteiger partial charge in [-0.3, -0.25) is 4.79 Å². The molecule has 6 nitrogen and oxygen atoms in total. The number of alkyl carbamates (subject to hydrolysis) is 1. The molecule has 1 unspecified atom stereocenters. The minimum atomic E-state index is -1.12. The van der Waals surface area contributed by atoms with Crippen LogP contribution in [-0.2, 0) is 16.0 Å². The number of hydrogen-bond acceptors (Lipinski definition) is 4. The molecule has 6 heteroatoms. The second-order valence-corrected chi connectivity index (χ2v) is 6.91. The van der Waals surface area contributed by atoms with E-state index in [1.165, 1.54) is 32.1 Å². The normalized spacial score (nSPS) is 19.0. The number of benzene rings is 1. The molecule has 0 spiro atoms. The molecular weight excluding hydrogens is 332 g/mol. The summed E-state index contributed by atoms with van der Waals surface area (Å²) in [6, 6.07) is 7.82. The molecule has 2 rings (SSSR count). The van der Waals surface area contributed by atoms with E-state index in [-0.39, 0.29) is 6.61 Å². The van der Waals surface area contributed by atoms with Gasteiger partial charge in [-0.1, -0.05) is 51.2 Å². The molecule has 0 aromatic heterocycles. The van der Waals surface area contributed by atoms with Crippen molar-refractivity contribution < 1.29 is 19.1 Å². The van der Waals surface area contributed by atoms with Gasteiger partial charge in [-0.25, -0.2) is 4.79 Å². The van der Waals surface area contributed by atoms with E-state index in [0.29, 0.717) is 19.4 Å². The van der Waals surface area contributed by atoms with Crippen LogP contribution in [0.5, 0.6) is 5.75 Å². The number of hydrogen-bond donors (Lipinski definition) is 2. The number of unbranched alkanes of at least 4 members (excludes halogenated alkanes) is 5. The fourth-order valence-electron chi connectivity index (χ4n) is 3.07. The van der Waals surface area contributed by atoms with Gasteiger partial charge in [-0.2, -0.15) is 0 Å². The monoisotopic (exact) mass is 362 g/mol. The second kappa shape index (κ2) is 10.0. The summed E-state index contributed by atoms with van der Waals surface area (Å²) < 4.78 is 10.7. The van der Waals surface area contributed by atoms with Crippen LogP contribution >= 0.6 is 0 Å². The van der Waals surface area contributed by atoms with Crippen molar-refractivity contribution in [1.82, 2.24) is 5.32 Å². The molecule has 144 valence electrons. The molecule has 0 aliphatic carbocycles. The van der Waals surface area contributed by atoms with Gasteiger partial charge in [0.2, 0.25) is 5.91 Å². The van der Waals surface area contributed by atoms with E-state index in [2.05, 4.69) is 12.2 Å². The molecule has 1 fully saturated rings. The first-order valence-electron chi connectivity index (χ1n) is 9.52. The summed E-state index contributed by atoms with van der Waals surface area (Å²) in [5.41, 5.74) is 5.37. The van der Waals surface area contributed by atoms with Crippen molar-refractivity contribution in [3.05, 3.63) is 29.8 Å². The Bertz CT molecular complexity index is 605. The van der Waals surface area contributed by atoms with Gasteiger partial charge in [0.15, 0.2) is 5.54 Å². The van der Waals surface area contributed by atoms with E-state index in [1.807, 2.05) is 24.3 Å². The maximum Gasteiger partial charge on any atom is 0.408 e. The first-order chi connectivity index (χ1) is 12.6. The maximum absolute atomic E-state index is 11.7. The van der Waals surface area contributed by atoms with E-state index in [9.17, 15) is 9.59 Å². The van der Waals surface area contributed by atoms with Gasteiger partial charge in [0.25, 0.3) is 0 Å². The molecule has 1 heterocycles. The lowest BCUT2D eigenvalue weighted by Crippen LogP contribution is -2.54. The quantitative estimate of drug-likeness (QED) is 0.558. The van der Waals surface area contributed by atoms with Gasteiger partial charge in [0.1, 0.15) is 12.4 Å². The van der Waals surface area contributed by atoms with Crippen LogP contribution in [0.3, 0.4) is 0 Å². The average molecular weight is 362 g/mol. The lowest BCUT2D eigenvalue weighted by Gasteiger charge is -2.22. The van der Waals surface area contributed by atoms with Gasteiger partial charge in [-0.15, -0.1) is 0 Å². The van der Waals surface area contributed by atoms with Crippen LogP contribution in [0, 0.1) is 0 Å². The highest BCUT2D eigenvalue weighted by Crippen LogP contribution is 2.22. The van der Waals surface area contributed by atoms with Crippen LogP contribution in [0.1, 0.15) is 57.4 Å². The Kier molecular flexibility index (Phi) is 7.75. The third-order valence-electron chi connectivity index (χ3n) is 4.77. The second-order valence-electron chi connectivity index (χ2n) is 6.91. The molecule has 1 aromatic rings. The van der Waals surface area contributed by atoms with E-state index in [1.54, 1.807) is 0 Å². The lowest BCUT2D eigenvalue weighted by atomic mass is 9.92. The molecule has 1 atom stereocenters. The molecule has 0 saturated carbocycles. The Morgan fingerprint density at radius 2 is 2.04 bits per heavy atom. The Morgan fingerprint density at radius 3 is 2.73 bits per heavy atom. The number of cyclic esters (lactones) is 1. The highest BCUT2D eigenvalue weighted by atomic mass is 16.6. The average Bonchev–Trinajstić information content (AvgIpc) is 3.02. The van der Waals surface area contributed by atoms with E-state index in [0.717, 1.165) is 17.7 Å². The van der Waals surface area contributed by atoms with Crippen molar-refractivity contribution >= 4 is 12.0 Å². The number of ether oxygens (including phenoxy) is 2. The molecule has 1 aromatic carbocycles. The Morgan fingerprint density at radius 1 is 1.27 bits per heavy atom. The van der Waals surface area contributed by atoms with E-state index in [4.69, 9.17) is 15.2 Å². The van der Waals surface area contributed by atoms with Crippen molar-refractivity contribution in [2.24, 2.45) is 5.73 Å². The highest BCUT2D eigenvalue weighted by molar-refractivity contribution is 5.91. The van der Waals surface area contributed by atoms with Crippen molar-refractivity contribution in [3.8, 4) is 5.75 Å². The Labute approximate surface area is 155 Å². The summed E-state index contributed by atoms with van der Waals surface area (Å²) >= 11 is 0. The summed E-state index contributed by atoms with van der Waals surface area (Å²) in [5, 5.41) is 2.55. The largest absolute Gasteiger partial charge is 0.494 e. The number of nitrogens with two attached hydrogens (primary N) is 1. The first-order valence-corrected chi connectivity index (χ1v) is 9.52. The van der Waals surface area contributed by atoms with Crippen molar-refractivity contribution in [1.29, 1.82) is 0 Å². The van der Waals surface area contributed by atoms with Gasteiger partial charge in [-0.05, 0) is 37.0 Å². The molecule has 3 N–H and O–H groups in total. The zero-order valence-electron chi connectivity index (χ0n) is 15.6. The fraction of sp³-hybridized carbons (Fsp3) is 0.600. The van der Waals surface area contributed by atoms with Crippen LogP contribution in [0.2, 0.25) is 0 Å². The molecule has 2 amide bonds. The van der Waals surface area contributed by atoms with Gasteiger partial charge < -0.3 is 20.5 Å². The molecule has 1 aliphatic heterocycles. The van der Waals surface area contributed by atoms with Crippen LogP contribution in [0.25, 0.3) is 0 Å². The number of nitrogens with one attached hydrogen (secondary N) is 1. The smallest absolute Gasteiger partial charge is 0.408 e. The summed E-state index contributed by atoms with van der Waals surface area (Å²) in [6.45, 7) is 2.91. The predicted octanol–water partition coefficient (Wildman–Crippen LogP) is 3.32. The Hall–Kier alpha value is -2.24. The third kappa shape index (κ3) is 5.93. The molecule has 0 radical (unpaired) electrons. The van der Waals surface area contributed by atoms with Crippen molar-refractivity contribution in [2.75, 3.05) is 13.2 Å². The predicted molar refractivity (Wildman–Crippen MR) is 100 cm³/mol. The number of primary amides is 1. The van der Waals surface area contributed by atoms with Crippen LogP contribution in [0.4, 0.5) is 4.79 Å². The lowest BCUT2D eigenvalue weighted by molar-refractivity contribution is -0.124. The van der Waals surface area contributed by atoms with Crippen molar-refractivity contribution in [2.45, 2.75) is 63.8 Å². The van der Waals surface area contributed by atoms with Gasteiger partial charge in [0.05, 0.1) is 6.61 Å². The SMILES string of the molecule is CCCCCCCCOc1cccc(CCC2(C(N)=O)COC(=O)N2)c1. The third-order valence-corrected chi connectivity index (χ3v) is 4.77. The number of carbonyl (C=O) groups excluding carboxylic acids is 2. The number of amides is 2. The Balaban J connectivity index is 1.78. The minimum Gasteiger partial charge on any atom is -0.494 e. The van der Waals surface area contributed by atoms with Gasteiger partial charge >= 0.3 is 6.09 Å². The van der Waals surface area contributed by atoms with E-state index >= 15 is 0 Å². The van der Waals surface area contributed by atoms with Crippen LogP contribution in [-0.4, -0.2) is 30.8 Å². The zero-order chi connectivity index (χ0) is 18.8. The molecule has 1 saturated heterocycles. The summed E-state index contributed by atoms with van der Waals surface area (Å²) in [5.74, 6) is 0.259. The van der Waals surface area contributed by atoms with Crippen molar-refractivity contribution in [3.63, 3.8) is 0 Å². The molecular formula is C20H30N2O4. The standard InChI is InChI=1S/C20H30N2O4/c1-2-3-4-5-6-7-13-25-17-10-8-9-16(14-17)11-12-20(18(21)23)15-26-19(24)22-20/h8-10,14H,2-7,11-13,15H2,1H3,(H2,21,23)(H,22,24). The van der Waals surface area contributed by atoms with Crippen LogP contribution in [0.15, 0.2) is 24.3 Å². The minimum absolute atomic E-state index is 0.0185. The summed E-state index contributed by atoms with van der Waals surface area (Å²) in [6.07, 6.45) is 7.78. The maximum atomic E-state index is 11.7. The number of aryl methyl sites for hydroxylation is 1. The summed E-state index contributed by atoms with van der Waals surface area (Å²) in [7, 11) is 0. The van der Waals surface area contributed by atoms with Gasteiger partial charge in [0, 0.05) is 0 Å². The summed E-state index contributed by atoms with van der Waals surface area (Å²) in [4.78, 5) is 23.0. The molecule has 0 bridgehead atoms. The van der Waals surface area contributed by atoms with Crippen LogP contribution < -0.4 is 15.8 Å². The van der Waals surface area contributed by atoms with E-state index < -0.39 is 17.5 Å². The zero-order valence-corrected chi connectivity index (χ0v) is 15.6. The number of rotatable bonds is 12. The first kappa shape index (κ1) is 20.1.